The van der Waals surface area contributed by atoms with Crippen molar-refractivity contribution in [2.45, 2.75) is 32.7 Å². The summed E-state index contributed by atoms with van der Waals surface area (Å²) in [7, 11) is 1.76. The molecule has 0 aromatic carbocycles. The third-order valence-electron chi connectivity index (χ3n) is 2.37. The van der Waals surface area contributed by atoms with Crippen LogP contribution in [0.2, 0.25) is 0 Å². The average Bonchev–Trinajstić information content (AvgIpc) is 2.16. The van der Waals surface area contributed by atoms with E-state index in [1.54, 1.807) is 11.9 Å². The van der Waals surface area contributed by atoms with Gasteiger partial charge >= 0.3 is 0 Å². The van der Waals surface area contributed by atoms with E-state index in [0.29, 0.717) is 13.2 Å². The molecule has 1 unspecified atom stereocenters. The number of carbonyl (C=O) groups excluding carboxylic acids is 1. The fraction of sp³-hybridized carbons (Fsp3) is 0.900. The van der Waals surface area contributed by atoms with Gasteiger partial charge in [-0.3, -0.25) is 4.79 Å². The highest BCUT2D eigenvalue weighted by atomic mass is 16.5. The highest BCUT2D eigenvalue weighted by Gasteiger charge is 2.16. The molecule has 0 aromatic rings. The van der Waals surface area contributed by atoms with Crippen LogP contribution in [0.15, 0.2) is 0 Å². The molecule has 4 nitrogen and oxygen atoms in total. The van der Waals surface area contributed by atoms with Crippen LogP contribution in [0.5, 0.6) is 0 Å². The van der Waals surface area contributed by atoms with E-state index in [1.807, 2.05) is 20.8 Å². The summed E-state index contributed by atoms with van der Waals surface area (Å²) in [5.74, 6) is -0.000553. The third-order valence-corrected chi connectivity index (χ3v) is 2.37. The Bertz CT molecular complexity index is 181. The zero-order chi connectivity index (χ0) is 11.2. The van der Waals surface area contributed by atoms with Crippen LogP contribution in [0.1, 0.15) is 27.2 Å². The van der Waals surface area contributed by atoms with Crippen LogP contribution in [0.25, 0.3) is 0 Å². The SMILES string of the molecule is CCN(C)C(=O)COCC(C)(N)CC. The first-order valence-corrected chi connectivity index (χ1v) is 5.03. The summed E-state index contributed by atoms with van der Waals surface area (Å²) in [4.78, 5) is 12.9. The van der Waals surface area contributed by atoms with Crippen LogP contribution in [0.3, 0.4) is 0 Å². The molecule has 0 aromatic heterocycles. The summed E-state index contributed by atoms with van der Waals surface area (Å²) in [6.45, 7) is 7.10. The van der Waals surface area contributed by atoms with Gasteiger partial charge in [-0.05, 0) is 20.3 Å². The number of likely N-dealkylation sites (N-methyl/N-ethyl adjacent to an activating group) is 1. The number of hydrogen-bond donors (Lipinski definition) is 1. The van der Waals surface area contributed by atoms with Crippen LogP contribution in [0, 0.1) is 0 Å². The fourth-order valence-electron chi connectivity index (χ4n) is 0.760. The van der Waals surface area contributed by atoms with E-state index in [2.05, 4.69) is 0 Å². The van der Waals surface area contributed by atoms with Gasteiger partial charge in [-0.15, -0.1) is 0 Å². The largest absolute Gasteiger partial charge is 0.370 e. The molecule has 0 aliphatic heterocycles. The molecular weight excluding hydrogens is 180 g/mol. The standard InChI is InChI=1S/C10H22N2O2/c1-5-10(3,11)8-14-7-9(13)12(4)6-2/h5-8,11H2,1-4H3. The van der Waals surface area contributed by atoms with Gasteiger partial charge in [0.15, 0.2) is 0 Å². The molecule has 0 rings (SSSR count). The third kappa shape index (κ3) is 5.19. The van der Waals surface area contributed by atoms with Crippen molar-refractivity contribution in [3.8, 4) is 0 Å². The molecular formula is C10H22N2O2. The molecule has 14 heavy (non-hydrogen) atoms. The molecule has 0 aliphatic rings. The Hall–Kier alpha value is -0.610. The van der Waals surface area contributed by atoms with Crippen molar-refractivity contribution in [2.24, 2.45) is 5.73 Å². The van der Waals surface area contributed by atoms with Gasteiger partial charge in [0.2, 0.25) is 5.91 Å². The average molecular weight is 202 g/mol. The highest BCUT2D eigenvalue weighted by molar-refractivity contribution is 5.77. The van der Waals surface area contributed by atoms with Crippen molar-refractivity contribution >= 4 is 5.91 Å². The Balaban J connectivity index is 3.69. The second kappa shape index (κ2) is 5.98. The summed E-state index contributed by atoms with van der Waals surface area (Å²) in [6.07, 6.45) is 0.838. The van der Waals surface area contributed by atoms with E-state index >= 15 is 0 Å². The number of carbonyl (C=O) groups is 1. The van der Waals surface area contributed by atoms with Crippen molar-refractivity contribution < 1.29 is 9.53 Å². The Labute approximate surface area is 86.4 Å². The monoisotopic (exact) mass is 202 g/mol. The first-order chi connectivity index (χ1) is 6.43. The van der Waals surface area contributed by atoms with Crippen LogP contribution in [0.4, 0.5) is 0 Å². The van der Waals surface area contributed by atoms with Crippen LogP contribution < -0.4 is 5.73 Å². The quantitative estimate of drug-likeness (QED) is 0.686. The predicted octanol–water partition coefficient (Wildman–Crippen LogP) is 0.609. The minimum Gasteiger partial charge on any atom is -0.370 e. The van der Waals surface area contributed by atoms with E-state index in [9.17, 15) is 4.79 Å². The van der Waals surface area contributed by atoms with Gasteiger partial charge in [0.05, 0.1) is 6.61 Å². The predicted molar refractivity (Wildman–Crippen MR) is 57.0 cm³/mol. The number of rotatable bonds is 6. The van der Waals surface area contributed by atoms with Gasteiger partial charge in [-0.25, -0.2) is 0 Å². The molecule has 2 N–H and O–H groups in total. The van der Waals surface area contributed by atoms with Crippen molar-refractivity contribution in [1.82, 2.24) is 4.90 Å². The molecule has 0 radical (unpaired) electrons. The lowest BCUT2D eigenvalue weighted by Gasteiger charge is -2.23. The summed E-state index contributed by atoms with van der Waals surface area (Å²) >= 11 is 0. The molecule has 0 fully saturated rings. The van der Waals surface area contributed by atoms with E-state index in [1.165, 1.54) is 0 Å². The van der Waals surface area contributed by atoms with Gasteiger partial charge in [0.1, 0.15) is 6.61 Å². The van der Waals surface area contributed by atoms with E-state index in [-0.39, 0.29) is 18.1 Å². The molecule has 0 heterocycles. The maximum Gasteiger partial charge on any atom is 0.248 e. The van der Waals surface area contributed by atoms with E-state index < -0.39 is 0 Å². The summed E-state index contributed by atoms with van der Waals surface area (Å²) in [5, 5.41) is 0. The molecule has 0 saturated heterocycles. The molecule has 0 bridgehead atoms. The highest BCUT2D eigenvalue weighted by Crippen LogP contribution is 2.04. The molecule has 0 spiro atoms. The van der Waals surface area contributed by atoms with Crippen molar-refractivity contribution in [2.75, 3.05) is 26.8 Å². The summed E-state index contributed by atoms with van der Waals surface area (Å²) in [5.41, 5.74) is 5.53. The summed E-state index contributed by atoms with van der Waals surface area (Å²) < 4.78 is 5.26. The second-order valence-corrected chi connectivity index (χ2v) is 3.91. The van der Waals surface area contributed by atoms with Crippen LogP contribution >= 0.6 is 0 Å². The maximum absolute atomic E-state index is 11.3. The Morgan fingerprint density at radius 3 is 2.50 bits per heavy atom. The zero-order valence-electron chi connectivity index (χ0n) is 9.67. The maximum atomic E-state index is 11.3. The number of nitrogens with two attached hydrogens (primary N) is 1. The first kappa shape index (κ1) is 13.4. The van der Waals surface area contributed by atoms with Gasteiger partial charge in [-0.2, -0.15) is 0 Å². The molecule has 0 aliphatic carbocycles. The minimum absolute atomic E-state index is 0.000553. The number of amides is 1. The van der Waals surface area contributed by atoms with Crippen LogP contribution in [-0.4, -0.2) is 43.2 Å². The van der Waals surface area contributed by atoms with Gasteiger partial charge in [0.25, 0.3) is 0 Å². The van der Waals surface area contributed by atoms with E-state index in [4.69, 9.17) is 10.5 Å². The van der Waals surface area contributed by atoms with Gasteiger partial charge in [0, 0.05) is 19.1 Å². The Kier molecular flexibility index (Phi) is 5.72. The second-order valence-electron chi connectivity index (χ2n) is 3.91. The van der Waals surface area contributed by atoms with Gasteiger partial charge < -0.3 is 15.4 Å². The Morgan fingerprint density at radius 2 is 2.07 bits per heavy atom. The normalized spacial score (nSPS) is 14.9. The lowest BCUT2D eigenvalue weighted by Crippen LogP contribution is -2.41. The molecule has 84 valence electrons. The van der Waals surface area contributed by atoms with Crippen LogP contribution in [-0.2, 0) is 9.53 Å². The smallest absolute Gasteiger partial charge is 0.248 e. The molecule has 1 amide bonds. The minimum atomic E-state index is -0.328. The van der Waals surface area contributed by atoms with Crippen molar-refractivity contribution in [3.05, 3.63) is 0 Å². The fourth-order valence-corrected chi connectivity index (χ4v) is 0.760. The molecule has 4 heteroatoms. The van der Waals surface area contributed by atoms with Gasteiger partial charge in [-0.1, -0.05) is 6.92 Å². The number of hydrogen-bond acceptors (Lipinski definition) is 3. The lowest BCUT2D eigenvalue weighted by molar-refractivity contribution is -0.135. The first-order valence-electron chi connectivity index (χ1n) is 5.03. The summed E-state index contributed by atoms with van der Waals surface area (Å²) in [6, 6.07) is 0. The molecule has 1 atom stereocenters. The van der Waals surface area contributed by atoms with Crippen molar-refractivity contribution in [1.29, 1.82) is 0 Å². The molecule has 0 saturated carbocycles. The van der Waals surface area contributed by atoms with Crippen molar-refractivity contribution in [3.63, 3.8) is 0 Å². The topological polar surface area (TPSA) is 55.6 Å². The number of ether oxygens (including phenoxy) is 1. The number of nitrogens with zero attached hydrogens (tertiary/aromatic N) is 1. The zero-order valence-corrected chi connectivity index (χ0v) is 9.67. The lowest BCUT2D eigenvalue weighted by atomic mass is 10.0. The van der Waals surface area contributed by atoms with E-state index in [0.717, 1.165) is 6.42 Å². The Morgan fingerprint density at radius 1 is 1.50 bits per heavy atom.